The summed E-state index contributed by atoms with van der Waals surface area (Å²) in [5.74, 6) is -0.194. The van der Waals surface area contributed by atoms with Crippen LogP contribution in [0.2, 0.25) is 0 Å². The normalized spacial score (nSPS) is 26.8. The van der Waals surface area contributed by atoms with Crippen LogP contribution in [0.1, 0.15) is 31.2 Å². The third-order valence-corrected chi connectivity index (χ3v) is 3.94. The number of carbonyl (C=O) groups is 2. The monoisotopic (exact) mass is 259 g/mol. The van der Waals surface area contributed by atoms with Gasteiger partial charge in [0, 0.05) is 0 Å². The van der Waals surface area contributed by atoms with E-state index < -0.39 is 6.09 Å². The van der Waals surface area contributed by atoms with Crippen LogP contribution in [0.4, 0.5) is 4.79 Å². The maximum Gasteiger partial charge on any atom is 0.417 e. The van der Waals surface area contributed by atoms with Crippen molar-refractivity contribution in [1.29, 1.82) is 0 Å². The third-order valence-electron chi connectivity index (χ3n) is 3.94. The summed E-state index contributed by atoms with van der Waals surface area (Å²) in [4.78, 5) is 25.6. The van der Waals surface area contributed by atoms with Crippen molar-refractivity contribution in [3.8, 4) is 0 Å². The Morgan fingerprint density at radius 1 is 1.11 bits per heavy atom. The van der Waals surface area contributed by atoms with Gasteiger partial charge in [-0.1, -0.05) is 36.8 Å². The molecule has 3 rings (SSSR count). The number of benzene rings is 1. The predicted molar refractivity (Wildman–Crippen MR) is 69.2 cm³/mol. The van der Waals surface area contributed by atoms with Crippen LogP contribution in [0, 0.1) is 5.92 Å². The van der Waals surface area contributed by atoms with Crippen LogP contribution >= 0.6 is 0 Å². The summed E-state index contributed by atoms with van der Waals surface area (Å²) in [6, 6.07) is 9.54. The Bertz CT molecular complexity index is 485. The molecule has 2 amide bonds. The van der Waals surface area contributed by atoms with Crippen LogP contribution in [0.3, 0.4) is 0 Å². The van der Waals surface area contributed by atoms with Gasteiger partial charge in [-0.15, -0.1) is 0 Å². The molecule has 0 aromatic heterocycles. The molecule has 0 unspecified atom stereocenters. The predicted octanol–water partition coefficient (Wildman–Crippen LogP) is 2.72. The fraction of sp³-hybridized carbons (Fsp3) is 0.467. The summed E-state index contributed by atoms with van der Waals surface area (Å²) in [7, 11) is 0. The highest BCUT2D eigenvalue weighted by molar-refractivity contribution is 5.95. The highest BCUT2D eigenvalue weighted by Gasteiger charge is 2.43. The summed E-state index contributed by atoms with van der Waals surface area (Å²) in [5, 5.41) is 0. The number of nitrogens with zero attached hydrogens (tertiary/aromatic N) is 1. The number of carbonyl (C=O) groups excluding carboxylic acids is 2. The second kappa shape index (κ2) is 5.03. The standard InChI is InChI=1S/C15H17NO3/c17-14-12-8-4-5-9-13(12)19-15(18)16(14)10-11-6-2-1-3-7-11/h1-3,6-7,12-13H,4-5,8-10H2/t12-,13+/m0/s1. The molecule has 1 aromatic carbocycles. The molecule has 1 heterocycles. The molecule has 100 valence electrons. The molecule has 1 saturated carbocycles. The molecular weight excluding hydrogens is 242 g/mol. The number of fused-ring (bicyclic) bond motifs is 1. The zero-order chi connectivity index (χ0) is 13.2. The molecule has 0 bridgehead atoms. The van der Waals surface area contributed by atoms with Gasteiger partial charge in [0.2, 0.25) is 5.91 Å². The van der Waals surface area contributed by atoms with E-state index in [9.17, 15) is 9.59 Å². The molecule has 1 aromatic rings. The van der Waals surface area contributed by atoms with Gasteiger partial charge in [0.1, 0.15) is 6.10 Å². The first-order chi connectivity index (χ1) is 9.25. The van der Waals surface area contributed by atoms with E-state index >= 15 is 0 Å². The number of ether oxygens (including phenoxy) is 1. The molecule has 2 atom stereocenters. The molecule has 4 heteroatoms. The first-order valence-corrected chi connectivity index (χ1v) is 6.81. The van der Waals surface area contributed by atoms with Crippen LogP contribution in [0.15, 0.2) is 30.3 Å². The van der Waals surface area contributed by atoms with Crippen molar-refractivity contribution in [3.63, 3.8) is 0 Å². The quantitative estimate of drug-likeness (QED) is 0.820. The van der Waals surface area contributed by atoms with Crippen LogP contribution in [0.25, 0.3) is 0 Å². The second-order valence-corrected chi connectivity index (χ2v) is 5.22. The molecule has 2 fully saturated rings. The van der Waals surface area contributed by atoms with Crippen LogP contribution in [0.5, 0.6) is 0 Å². The zero-order valence-electron chi connectivity index (χ0n) is 10.7. The lowest BCUT2D eigenvalue weighted by Crippen LogP contribution is -2.52. The minimum atomic E-state index is -0.489. The lowest BCUT2D eigenvalue weighted by Gasteiger charge is -2.38. The van der Waals surface area contributed by atoms with Gasteiger partial charge >= 0.3 is 6.09 Å². The smallest absolute Gasteiger partial charge is 0.417 e. The molecule has 1 aliphatic carbocycles. The van der Waals surface area contributed by atoms with Gasteiger partial charge in [0.15, 0.2) is 0 Å². The van der Waals surface area contributed by atoms with Crippen LogP contribution < -0.4 is 0 Å². The van der Waals surface area contributed by atoms with E-state index in [2.05, 4.69) is 0 Å². The van der Waals surface area contributed by atoms with Gasteiger partial charge in [-0.05, 0) is 24.8 Å². The van der Waals surface area contributed by atoms with Crippen molar-refractivity contribution in [2.75, 3.05) is 0 Å². The number of hydrogen-bond donors (Lipinski definition) is 0. The molecule has 0 N–H and O–H groups in total. The molecule has 1 aliphatic heterocycles. The Labute approximate surface area is 112 Å². The minimum absolute atomic E-state index is 0.0650. The Hall–Kier alpha value is -1.84. The SMILES string of the molecule is O=C1O[C@@H]2CCCC[C@@H]2C(=O)N1Cc1ccccc1. The van der Waals surface area contributed by atoms with Gasteiger partial charge in [-0.3, -0.25) is 4.79 Å². The van der Waals surface area contributed by atoms with Crippen molar-refractivity contribution in [2.45, 2.75) is 38.3 Å². The number of rotatable bonds is 2. The lowest BCUT2D eigenvalue weighted by molar-refractivity contribution is -0.147. The van der Waals surface area contributed by atoms with Crippen molar-refractivity contribution in [3.05, 3.63) is 35.9 Å². The van der Waals surface area contributed by atoms with Gasteiger partial charge < -0.3 is 4.74 Å². The van der Waals surface area contributed by atoms with E-state index in [1.165, 1.54) is 4.90 Å². The molecule has 19 heavy (non-hydrogen) atoms. The van der Waals surface area contributed by atoms with Crippen molar-refractivity contribution < 1.29 is 14.3 Å². The highest BCUT2D eigenvalue weighted by atomic mass is 16.6. The van der Waals surface area contributed by atoms with Gasteiger partial charge in [0.25, 0.3) is 0 Å². The third kappa shape index (κ3) is 2.35. The summed E-state index contributed by atoms with van der Waals surface area (Å²) in [6.07, 6.45) is 3.06. The van der Waals surface area contributed by atoms with Gasteiger partial charge in [0.05, 0.1) is 12.5 Å². The van der Waals surface area contributed by atoms with E-state index in [1.807, 2.05) is 30.3 Å². The number of hydrogen-bond acceptors (Lipinski definition) is 3. The van der Waals surface area contributed by atoms with E-state index in [0.29, 0.717) is 6.54 Å². The summed E-state index contributed by atoms with van der Waals surface area (Å²) in [5.41, 5.74) is 0.946. The van der Waals surface area contributed by atoms with Gasteiger partial charge in [-0.25, -0.2) is 9.69 Å². The Morgan fingerprint density at radius 3 is 2.63 bits per heavy atom. The van der Waals surface area contributed by atoms with Crippen LogP contribution in [-0.2, 0) is 16.1 Å². The fourth-order valence-electron chi connectivity index (χ4n) is 2.91. The molecule has 1 saturated heterocycles. The van der Waals surface area contributed by atoms with Crippen molar-refractivity contribution in [2.24, 2.45) is 5.92 Å². The lowest BCUT2D eigenvalue weighted by atomic mass is 9.84. The Morgan fingerprint density at radius 2 is 1.84 bits per heavy atom. The summed E-state index contributed by atoms with van der Waals surface area (Å²) in [6.45, 7) is 0.307. The van der Waals surface area contributed by atoms with E-state index in [1.54, 1.807) is 0 Å². The van der Waals surface area contributed by atoms with E-state index in [4.69, 9.17) is 4.74 Å². The van der Waals surface area contributed by atoms with Crippen molar-refractivity contribution in [1.82, 2.24) is 4.90 Å². The first kappa shape index (κ1) is 12.2. The fourth-order valence-corrected chi connectivity index (χ4v) is 2.91. The maximum atomic E-state index is 12.4. The topological polar surface area (TPSA) is 46.6 Å². The average Bonchev–Trinajstić information content (AvgIpc) is 2.45. The average molecular weight is 259 g/mol. The number of imide groups is 1. The molecule has 4 nitrogen and oxygen atoms in total. The Balaban J connectivity index is 1.77. The summed E-state index contributed by atoms with van der Waals surface area (Å²) < 4.78 is 5.41. The molecule has 2 aliphatic rings. The highest BCUT2D eigenvalue weighted by Crippen LogP contribution is 2.32. The molecule has 0 spiro atoms. The van der Waals surface area contributed by atoms with Gasteiger partial charge in [-0.2, -0.15) is 0 Å². The number of amides is 2. The maximum absolute atomic E-state index is 12.4. The first-order valence-electron chi connectivity index (χ1n) is 6.81. The zero-order valence-corrected chi connectivity index (χ0v) is 10.7. The summed E-state index contributed by atoms with van der Waals surface area (Å²) >= 11 is 0. The molecule has 0 radical (unpaired) electrons. The minimum Gasteiger partial charge on any atom is -0.445 e. The second-order valence-electron chi connectivity index (χ2n) is 5.22. The largest absolute Gasteiger partial charge is 0.445 e. The molecular formula is C15H17NO3. The Kier molecular flexibility index (Phi) is 3.23. The van der Waals surface area contributed by atoms with Crippen LogP contribution in [-0.4, -0.2) is 23.0 Å². The van der Waals surface area contributed by atoms with E-state index in [0.717, 1.165) is 31.2 Å². The van der Waals surface area contributed by atoms with Crippen molar-refractivity contribution >= 4 is 12.0 Å². The van der Waals surface area contributed by atoms with E-state index in [-0.39, 0.29) is 17.9 Å².